The van der Waals surface area contributed by atoms with Crippen LogP contribution in [0.1, 0.15) is 0 Å². The molecule has 6 heteroatoms. The Morgan fingerprint density at radius 2 is 1.36 bits per heavy atom. The van der Waals surface area contributed by atoms with Gasteiger partial charge in [0.15, 0.2) is 0 Å². The van der Waals surface area contributed by atoms with Gasteiger partial charge in [-0.3, -0.25) is 9.36 Å². The monoisotopic (exact) mass is 355 g/mol. The quantitative estimate of drug-likeness (QED) is 0.707. The Hall–Kier alpha value is -2.46. The van der Waals surface area contributed by atoms with Crippen LogP contribution in [-0.4, -0.2) is 19.2 Å². The molecule has 0 aliphatic heterocycles. The summed E-state index contributed by atoms with van der Waals surface area (Å²) < 4.78 is 23.1. The van der Waals surface area contributed by atoms with E-state index in [2.05, 4.69) is 4.98 Å². The van der Waals surface area contributed by atoms with Crippen molar-refractivity contribution in [2.75, 3.05) is 14.2 Å². The van der Waals surface area contributed by atoms with Gasteiger partial charge in [-0.2, -0.15) is 0 Å². The summed E-state index contributed by atoms with van der Waals surface area (Å²) in [5.74, 6) is 0. The molecule has 0 spiro atoms. The first-order valence-corrected chi connectivity index (χ1v) is 9.23. The summed E-state index contributed by atoms with van der Waals surface area (Å²) >= 11 is 0. The average molecular weight is 355 g/mol. The van der Waals surface area contributed by atoms with Crippen molar-refractivity contribution in [2.45, 2.75) is 0 Å². The molecule has 2 aromatic carbocycles. The SMILES string of the molecule is COP(=O)(OC)c1c(-c2ccccc2)cc(-c2ccccc2)[nH]c1=O. The summed E-state index contributed by atoms with van der Waals surface area (Å²) in [5, 5.41) is 0.00313. The molecule has 0 saturated carbocycles. The third-order valence-corrected chi connectivity index (χ3v) is 5.88. The third-order valence-electron chi connectivity index (χ3n) is 3.93. The van der Waals surface area contributed by atoms with Crippen LogP contribution in [0.15, 0.2) is 71.5 Å². The highest BCUT2D eigenvalue weighted by molar-refractivity contribution is 7.62. The maximum Gasteiger partial charge on any atom is 0.367 e. The van der Waals surface area contributed by atoms with Gasteiger partial charge >= 0.3 is 7.60 Å². The van der Waals surface area contributed by atoms with E-state index in [1.54, 1.807) is 6.07 Å². The number of benzene rings is 2. The molecule has 0 bridgehead atoms. The van der Waals surface area contributed by atoms with E-state index in [1.165, 1.54) is 14.2 Å². The fourth-order valence-electron chi connectivity index (χ4n) is 2.69. The van der Waals surface area contributed by atoms with E-state index in [9.17, 15) is 9.36 Å². The van der Waals surface area contributed by atoms with Crippen LogP contribution < -0.4 is 10.9 Å². The third kappa shape index (κ3) is 3.35. The highest BCUT2D eigenvalue weighted by Gasteiger charge is 2.32. The van der Waals surface area contributed by atoms with Gasteiger partial charge < -0.3 is 14.0 Å². The first-order chi connectivity index (χ1) is 12.1. The van der Waals surface area contributed by atoms with Gasteiger partial charge in [-0.1, -0.05) is 60.7 Å². The number of pyridine rings is 1. The zero-order chi connectivity index (χ0) is 17.9. The van der Waals surface area contributed by atoms with Gasteiger partial charge in [-0.25, -0.2) is 0 Å². The Kier molecular flexibility index (Phi) is 5.00. The summed E-state index contributed by atoms with van der Waals surface area (Å²) in [6, 6.07) is 20.5. The van der Waals surface area contributed by atoms with Crippen molar-refractivity contribution in [1.29, 1.82) is 0 Å². The summed E-state index contributed by atoms with van der Waals surface area (Å²) in [6.45, 7) is 0. The van der Waals surface area contributed by atoms with Crippen LogP contribution in [0.4, 0.5) is 0 Å². The number of aromatic nitrogens is 1. The second-order valence-corrected chi connectivity index (χ2v) is 7.54. The van der Waals surface area contributed by atoms with Gasteiger partial charge in [-0.05, 0) is 17.2 Å². The van der Waals surface area contributed by atoms with Gasteiger partial charge in [0.1, 0.15) is 5.30 Å². The highest BCUT2D eigenvalue weighted by Crippen LogP contribution is 2.46. The maximum absolute atomic E-state index is 13.0. The van der Waals surface area contributed by atoms with Crippen molar-refractivity contribution in [3.05, 3.63) is 77.1 Å². The van der Waals surface area contributed by atoms with E-state index in [4.69, 9.17) is 9.05 Å². The molecular formula is C19H18NO4P. The molecule has 5 nitrogen and oxygen atoms in total. The Labute approximate surface area is 145 Å². The van der Waals surface area contributed by atoms with E-state index in [0.717, 1.165) is 11.1 Å². The topological polar surface area (TPSA) is 68.4 Å². The van der Waals surface area contributed by atoms with Gasteiger partial charge in [0.25, 0.3) is 5.56 Å². The van der Waals surface area contributed by atoms with Gasteiger partial charge in [-0.15, -0.1) is 0 Å². The molecule has 0 fully saturated rings. The highest BCUT2D eigenvalue weighted by atomic mass is 31.2. The van der Waals surface area contributed by atoms with Crippen LogP contribution >= 0.6 is 7.60 Å². The Morgan fingerprint density at radius 3 is 1.88 bits per heavy atom. The lowest BCUT2D eigenvalue weighted by Gasteiger charge is -2.18. The normalized spacial score (nSPS) is 11.4. The molecule has 1 N–H and O–H groups in total. The standard InChI is InChI=1S/C19H18NO4P/c1-23-25(22,24-2)18-16(14-9-5-3-6-10-14)13-17(20-19(18)21)15-11-7-4-8-12-15/h3-13H,1-2H3,(H,20,21). The Morgan fingerprint density at radius 1 is 0.840 bits per heavy atom. The fourth-order valence-corrected chi connectivity index (χ4v) is 4.00. The molecule has 0 saturated heterocycles. The molecule has 0 atom stereocenters. The van der Waals surface area contributed by atoms with Crippen molar-refractivity contribution < 1.29 is 13.6 Å². The van der Waals surface area contributed by atoms with Crippen molar-refractivity contribution in [2.24, 2.45) is 0 Å². The largest absolute Gasteiger partial charge is 0.367 e. The minimum atomic E-state index is -3.73. The molecular weight excluding hydrogens is 337 g/mol. The predicted molar refractivity (Wildman–Crippen MR) is 99.2 cm³/mol. The number of rotatable bonds is 5. The number of hydrogen-bond donors (Lipinski definition) is 1. The van der Waals surface area contributed by atoms with E-state index >= 15 is 0 Å². The molecule has 0 radical (unpaired) electrons. The van der Waals surface area contributed by atoms with E-state index in [1.807, 2.05) is 60.7 Å². The van der Waals surface area contributed by atoms with Gasteiger partial charge in [0, 0.05) is 25.5 Å². The summed E-state index contributed by atoms with van der Waals surface area (Å²) in [7, 11) is -1.19. The van der Waals surface area contributed by atoms with Crippen LogP contribution in [0.2, 0.25) is 0 Å². The lowest BCUT2D eigenvalue weighted by atomic mass is 10.0. The zero-order valence-corrected chi connectivity index (χ0v) is 14.8. The molecule has 1 heterocycles. The smallest absolute Gasteiger partial charge is 0.321 e. The number of nitrogens with one attached hydrogen (secondary N) is 1. The summed E-state index contributed by atoms with van der Waals surface area (Å²) in [4.78, 5) is 15.6. The second-order valence-electron chi connectivity index (χ2n) is 5.37. The van der Waals surface area contributed by atoms with Crippen molar-refractivity contribution >= 4 is 12.9 Å². The first kappa shape index (κ1) is 17.4. The fraction of sp³-hybridized carbons (Fsp3) is 0.105. The Balaban J connectivity index is 2.33. The lowest BCUT2D eigenvalue weighted by molar-refractivity contribution is 0.287. The van der Waals surface area contributed by atoms with Crippen LogP contribution in [0.3, 0.4) is 0 Å². The minimum absolute atomic E-state index is 0.00313. The molecule has 0 amide bonds. The van der Waals surface area contributed by atoms with Crippen molar-refractivity contribution in [1.82, 2.24) is 4.98 Å². The molecule has 3 aromatic rings. The maximum atomic E-state index is 13.0. The zero-order valence-electron chi connectivity index (χ0n) is 13.9. The van der Waals surface area contributed by atoms with Gasteiger partial charge in [0.2, 0.25) is 0 Å². The number of hydrogen-bond acceptors (Lipinski definition) is 4. The van der Waals surface area contributed by atoms with Crippen LogP contribution in [-0.2, 0) is 13.6 Å². The minimum Gasteiger partial charge on any atom is -0.321 e. The molecule has 128 valence electrons. The van der Waals surface area contributed by atoms with Crippen LogP contribution in [0.25, 0.3) is 22.4 Å². The predicted octanol–water partition coefficient (Wildman–Crippen LogP) is 3.82. The number of aromatic amines is 1. The molecule has 1 aromatic heterocycles. The Bertz CT molecular complexity index is 960. The first-order valence-electron chi connectivity index (χ1n) is 7.69. The molecule has 0 unspecified atom stereocenters. The van der Waals surface area contributed by atoms with Gasteiger partial charge in [0.05, 0.1) is 0 Å². The van der Waals surface area contributed by atoms with Crippen LogP contribution in [0.5, 0.6) is 0 Å². The van der Waals surface area contributed by atoms with E-state index < -0.39 is 13.2 Å². The molecule has 0 aliphatic carbocycles. The number of H-pyrrole nitrogens is 1. The lowest BCUT2D eigenvalue weighted by Crippen LogP contribution is -2.30. The molecule has 0 aliphatic rings. The van der Waals surface area contributed by atoms with E-state index in [0.29, 0.717) is 11.3 Å². The molecule has 3 rings (SSSR count). The van der Waals surface area contributed by atoms with E-state index in [-0.39, 0.29) is 5.30 Å². The van der Waals surface area contributed by atoms with Crippen molar-refractivity contribution in [3.63, 3.8) is 0 Å². The average Bonchev–Trinajstić information content (AvgIpc) is 2.68. The van der Waals surface area contributed by atoms with Crippen molar-refractivity contribution in [3.8, 4) is 22.4 Å². The summed E-state index contributed by atoms with van der Waals surface area (Å²) in [6.07, 6.45) is 0. The second kappa shape index (κ2) is 7.19. The molecule has 25 heavy (non-hydrogen) atoms. The summed E-state index contributed by atoms with van der Waals surface area (Å²) in [5.41, 5.74) is 2.28. The van der Waals surface area contributed by atoms with Crippen LogP contribution in [0, 0.1) is 0 Å².